The third kappa shape index (κ3) is 2.80. The fourth-order valence-electron chi connectivity index (χ4n) is 2.71. The van der Waals surface area contributed by atoms with Gasteiger partial charge in [-0.25, -0.2) is 9.18 Å². The molecule has 7 heteroatoms. The molecule has 0 spiro atoms. The molecule has 1 fully saturated rings. The summed E-state index contributed by atoms with van der Waals surface area (Å²) in [6.07, 6.45) is 0. The fraction of sp³-hybridized carbons (Fsp3) is 0.176. The SMILES string of the molecule is C[C@]1(c2ccccc2Cl)NC(=O)N(Cc2ccc(Br)cc2F)C1=O. The second-order valence-electron chi connectivity index (χ2n) is 5.66. The third-order valence-electron chi connectivity index (χ3n) is 4.03. The van der Waals surface area contributed by atoms with Crippen LogP contribution in [-0.2, 0) is 16.9 Å². The molecule has 124 valence electrons. The van der Waals surface area contributed by atoms with Gasteiger partial charge in [0.05, 0.1) is 6.54 Å². The second-order valence-corrected chi connectivity index (χ2v) is 6.98. The number of hydrogen-bond donors (Lipinski definition) is 1. The molecule has 1 heterocycles. The number of carbonyl (C=O) groups is 2. The summed E-state index contributed by atoms with van der Waals surface area (Å²) in [6.45, 7) is 1.44. The average molecular weight is 412 g/mol. The van der Waals surface area contributed by atoms with Gasteiger partial charge in [-0.15, -0.1) is 0 Å². The number of carbonyl (C=O) groups excluding carboxylic acids is 2. The smallest absolute Gasteiger partial charge is 0.319 e. The quantitative estimate of drug-likeness (QED) is 0.769. The first kappa shape index (κ1) is 16.9. The standard InChI is InChI=1S/C17H13BrClFN2O2/c1-17(12-4-2-3-5-13(12)19)15(23)22(16(24)21-17)9-10-6-7-11(18)8-14(10)20/h2-8H,9H2,1H3,(H,21,24)/t17-/m1/s1. The van der Waals surface area contributed by atoms with Gasteiger partial charge < -0.3 is 5.32 Å². The van der Waals surface area contributed by atoms with E-state index >= 15 is 0 Å². The zero-order chi connectivity index (χ0) is 17.5. The number of halogens is 3. The number of benzene rings is 2. The van der Waals surface area contributed by atoms with Crippen LogP contribution in [-0.4, -0.2) is 16.8 Å². The van der Waals surface area contributed by atoms with Gasteiger partial charge in [0.2, 0.25) is 0 Å². The predicted octanol–water partition coefficient (Wildman–Crippen LogP) is 4.21. The van der Waals surface area contributed by atoms with Crippen molar-refractivity contribution in [3.8, 4) is 0 Å². The van der Waals surface area contributed by atoms with Gasteiger partial charge in [0.25, 0.3) is 5.91 Å². The normalized spacial score (nSPS) is 20.4. The van der Waals surface area contributed by atoms with Crippen molar-refractivity contribution in [3.63, 3.8) is 0 Å². The van der Waals surface area contributed by atoms with Gasteiger partial charge >= 0.3 is 6.03 Å². The van der Waals surface area contributed by atoms with Gasteiger partial charge in [-0.1, -0.05) is 51.8 Å². The second kappa shape index (κ2) is 6.18. The summed E-state index contributed by atoms with van der Waals surface area (Å²) in [5.74, 6) is -0.959. The van der Waals surface area contributed by atoms with Gasteiger partial charge in [0.15, 0.2) is 0 Å². The summed E-state index contributed by atoms with van der Waals surface area (Å²) >= 11 is 9.35. The molecule has 1 aliphatic heterocycles. The maximum Gasteiger partial charge on any atom is 0.325 e. The molecule has 24 heavy (non-hydrogen) atoms. The Morgan fingerprint density at radius 3 is 2.62 bits per heavy atom. The van der Waals surface area contributed by atoms with Crippen LogP contribution >= 0.6 is 27.5 Å². The Morgan fingerprint density at radius 2 is 1.96 bits per heavy atom. The highest BCUT2D eigenvalue weighted by Gasteiger charge is 2.49. The van der Waals surface area contributed by atoms with Crippen LogP contribution < -0.4 is 5.32 Å². The Bertz CT molecular complexity index is 845. The average Bonchev–Trinajstić information content (AvgIpc) is 2.74. The van der Waals surface area contributed by atoms with Crippen LogP contribution in [0, 0.1) is 5.82 Å². The van der Waals surface area contributed by atoms with Crippen LogP contribution in [0.15, 0.2) is 46.9 Å². The number of imide groups is 1. The van der Waals surface area contributed by atoms with Crippen LogP contribution in [0.25, 0.3) is 0 Å². The first-order valence-corrected chi connectivity index (χ1v) is 8.33. The maximum atomic E-state index is 14.0. The molecule has 1 saturated heterocycles. The highest BCUT2D eigenvalue weighted by atomic mass is 79.9. The number of rotatable bonds is 3. The van der Waals surface area contributed by atoms with E-state index in [1.165, 1.54) is 12.1 Å². The van der Waals surface area contributed by atoms with E-state index in [1.54, 1.807) is 37.3 Å². The van der Waals surface area contributed by atoms with Crippen LogP contribution in [0.2, 0.25) is 5.02 Å². The summed E-state index contributed by atoms with van der Waals surface area (Å²) in [6, 6.07) is 10.7. The Balaban J connectivity index is 1.93. The molecule has 0 radical (unpaired) electrons. The van der Waals surface area contributed by atoms with Crippen molar-refractivity contribution in [2.24, 2.45) is 0 Å². The molecule has 1 atom stereocenters. The van der Waals surface area contributed by atoms with E-state index in [0.717, 1.165) is 4.90 Å². The molecule has 0 aliphatic carbocycles. The summed E-state index contributed by atoms with van der Waals surface area (Å²) in [7, 11) is 0. The number of amides is 3. The molecule has 0 aromatic heterocycles. The van der Waals surface area contributed by atoms with Crippen molar-refractivity contribution >= 4 is 39.5 Å². The Labute approximate surface area is 151 Å². The number of urea groups is 1. The lowest BCUT2D eigenvalue weighted by Crippen LogP contribution is -2.41. The minimum atomic E-state index is -1.28. The third-order valence-corrected chi connectivity index (χ3v) is 4.85. The van der Waals surface area contributed by atoms with Crippen LogP contribution in [0.4, 0.5) is 9.18 Å². The summed E-state index contributed by atoms with van der Waals surface area (Å²) in [5.41, 5.74) is -0.518. The first-order valence-electron chi connectivity index (χ1n) is 7.16. The molecule has 2 aromatic rings. The highest BCUT2D eigenvalue weighted by Crippen LogP contribution is 2.34. The van der Waals surface area contributed by atoms with Gasteiger partial charge in [0, 0.05) is 20.6 Å². The molecule has 4 nitrogen and oxygen atoms in total. The van der Waals surface area contributed by atoms with E-state index in [0.29, 0.717) is 15.1 Å². The zero-order valence-electron chi connectivity index (χ0n) is 12.6. The molecule has 1 N–H and O–H groups in total. The van der Waals surface area contributed by atoms with Crippen LogP contribution in [0.5, 0.6) is 0 Å². The molecular formula is C17H13BrClFN2O2. The van der Waals surface area contributed by atoms with E-state index in [9.17, 15) is 14.0 Å². The Kier molecular flexibility index (Phi) is 4.36. The van der Waals surface area contributed by atoms with Gasteiger partial charge in [-0.2, -0.15) is 0 Å². The van der Waals surface area contributed by atoms with Crippen LogP contribution in [0.3, 0.4) is 0 Å². The molecule has 2 aromatic carbocycles. The van der Waals surface area contributed by atoms with Gasteiger partial charge in [-0.05, 0) is 25.1 Å². The van der Waals surface area contributed by atoms with E-state index in [4.69, 9.17) is 11.6 Å². The number of nitrogens with zero attached hydrogens (tertiary/aromatic N) is 1. The van der Waals surface area contributed by atoms with Gasteiger partial charge in [-0.3, -0.25) is 9.69 Å². The molecule has 0 bridgehead atoms. The first-order chi connectivity index (χ1) is 11.3. The van der Waals surface area contributed by atoms with Crippen molar-refractivity contribution in [1.82, 2.24) is 10.2 Å². The topological polar surface area (TPSA) is 49.4 Å². The largest absolute Gasteiger partial charge is 0.325 e. The number of nitrogens with one attached hydrogen (secondary N) is 1. The van der Waals surface area contributed by atoms with E-state index in [2.05, 4.69) is 21.2 Å². The summed E-state index contributed by atoms with van der Waals surface area (Å²) in [5, 5.41) is 3.04. The highest BCUT2D eigenvalue weighted by molar-refractivity contribution is 9.10. The fourth-order valence-corrected chi connectivity index (χ4v) is 3.37. The molecule has 3 rings (SSSR count). The minimum Gasteiger partial charge on any atom is -0.319 e. The zero-order valence-corrected chi connectivity index (χ0v) is 15.0. The van der Waals surface area contributed by atoms with Crippen molar-refractivity contribution in [2.75, 3.05) is 0 Å². The van der Waals surface area contributed by atoms with Crippen molar-refractivity contribution in [1.29, 1.82) is 0 Å². The van der Waals surface area contributed by atoms with Crippen molar-refractivity contribution < 1.29 is 14.0 Å². The Hall–Kier alpha value is -1.92. The maximum absolute atomic E-state index is 14.0. The molecule has 3 amide bonds. The van der Waals surface area contributed by atoms with Crippen LogP contribution in [0.1, 0.15) is 18.1 Å². The lowest BCUT2D eigenvalue weighted by molar-refractivity contribution is -0.131. The molecule has 0 saturated carbocycles. The van der Waals surface area contributed by atoms with E-state index < -0.39 is 23.3 Å². The lowest BCUT2D eigenvalue weighted by atomic mass is 9.92. The van der Waals surface area contributed by atoms with Crippen molar-refractivity contribution in [2.45, 2.75) is 19.0 Å². The monoisotopic (exact) mass is 410 g/mol. The van der Waals surface area contributed by atoms with Gasteiger partial charge in [0.1, 0.15) is 11.4 Å². The number of hydrogen-bond acceptors (Lipinski definition) is 2. The lowest BCUT2D eigenvalue weighted by Gasteiger charge is -2.23. The predicted molar refractivity (Wildman–Crippen MR) is 92.0 cm³/mol. The summed E-state index contributed by atoms with van der Waals surface area (Å²) < 4.78 is 14.6. The molecule has 1 aliphatic rings. The van der Waals surface area contributed by atoms with Crippen molar-refractivity contribution in [3.05, 3.63) is 68.9 Å². The summed E-state index contributed by atoms with van der Waals surface area (Å²) in [4.78, 5) is 26.1. The molecule has 0 unspecified atom stereocenters. The minimum absolute atomic E-state index is 0.149. The van der Waals surface area contributed by atoms with E-state index in [-0.39, 0.29) is 12.1 Å². The Morgan fingerprint density at radius 1 is 1.25 bits per heavy atom. The van der Waals surface area contributed by atoms with E-state index in [1.807, 2.05) is 0 Å². The molecular weight excluding hydrogens is 399 g/mol.